The molecule has 0 amide bonds. The quantitative estimate of drug-likeness (QED) is 0.158. The number of allylic oxidation sites excluding steroid dienone is 5. The van der Waals surface area contributed by atoms with Crippen molar-refractivity contribution in [1.29, 1.82) is 0 Å². The van der Waals surface area contributed by atoms with Gasteiger partial charge in [-0.05, 0) is 78.7 Å². The van der Waals surface area contributed by atoms with E-state index in [0.29, 0.717) is 0 Å². The average Bonchev–Trinajstić information content (AvgIpc) is 3.73. The van der Waals surface area contributed by atoms with Crippen molar-refractivity contribution < 1.29 is 0 Å². The van der Waals surface area contributed by atoms with Crippen molar-refractivity contribution in [2.75, 3.05) is 0 Å². The van der Waals surface area contributed by atoms with Gasteiger partial charge in [0.1, 0.15) is 0 Å². The lowest BCUT2D eigenvalue weighted by Gasteiger charge is -2.10. The Bertz CT molecular complexity index is 2760. The van der Waals surface area contributed by atoms with Gasteiger partial charge in [-0.2, -0.15) is 0 Å². The summed E-state index contributed by atoms with van der Waals surface area (Å²) in [5, 5.41) is 4.93. The second-order valence-electron chi connectivity index (χ2n) is 12.6. The van der Waals surface area contributed by atoms with Crippen LogP contribution in [0.5, 0.6) is 0 Å². The van der Waals surface area contributed by atoms with E-state index < -0.39 is 0 Å². The molecule has 0 spiro atoms. The predicted molar refractivity (Wildman–Crippen MR) is 219 cm³/mol. The van der Waals surface area contributed by atoms with E-state index in [1.54, 1.807) is 0 Å². The Morgan fingerprint density at radius 2 is 1.12 bits per heavy atom. The van der Waals surface area contributed by atoms with E-state index in [1.807, 2.05) is 54.7 Å². The molecule has 3 nitrogen and oxygen atoms in total. The van der Waals surface area contributed by atoms with Crippen LogP contribution in [0.1, 0.15) is 6.92 Å². The monoisotopic (exact) mass is 671 g/mol. The molecular weight excluding hydrogens is 639 g/mol. The zero-order valence-electron chi connectivity index (χ0n) is 28.1. The van der Waals surface area contributed by atoms with Crippen LogP contribution in [0, 0.1) is 0 Å². The topological polar surface area (TPSA) is 30.7 Å². The van der Waals surface area contributed by atoms with E-state index in [9.17, 15) is 0 Å². The van der Waals surface area contributed by atoms with E-state index in [-0.39, 0.29) is 0 Å². The fourth-order valence-electron chi connectivity index (χ4n) is 7.04. The van der Waals surface area contributed by atoms with Gasteiger partial charge in [0.2, 0.25) is 0 Å². The number of nitrogens with zero attached hydrogens (tertiary/aromatic N) is 3. The van der Waals surface area contributed by atoms with E-state index in [0.717, 1.165) is 45.1 Å². The highest BCUT2D eigenvalue weighted by atomic mass is 32.1. The summed E-state index contributed by atoms with van der Waals surface area (Å²) >= 11 is 1.83. The van der Waals surface area contributed by atoms with Gasteiger partial charge < -0.3 is 4.57 Å². The highest BCUT2D eigenvalue weighted by Gasteiger charge is 2.16. The van der Waals surface area contributed by atoms with Gasteiger partial charge in [-0.1, -0.05) is 116 Å². The van der Waals surface area contributed by atoms with Crippen LogP contribution >= 0.6 is 11.3 Å². The SMILES string of the molecule is C=C/C(=C\C=C/C)n1c2ccccc2c2cc(-c3ccc4sc5ccc(-c6cc(-c7ccccc7)nc(-c7ccccc7)n6)cc5c4c3)ccc21. The van der Waals surface area contributed by atoms with Gasteiger partial charge in [0, 0.05) is 53.3 Å². The maximum atomic E-state index is 5.10. The molecule has 242 valence electrons. The third-order valence-electron chi connectivity index (χ3n) is 9.53. The largest absolute Gasteiger partial charge is 0.309 e. The molecular formula is C47H33N3S. The standard InChI is InChI=1S/C47H33N3S/c1-3-5-18-36(4-2)50-43-20-13-12-19-37(43)38-27-33(21-24-44(38)50)34-22-25-45-39(28-34)40-29-35(23-26-46(40)51-45)42-30-41(31-14-8-6-9-15-31)48-47(49-42)32-16-10-7-11-17-32/h3-30H,2H2,1H3/b5-3-,36-18+. The molecule has 0 atom stereocenters. The highest BCUT2D eigenvalue weighted by molar-refractivity contribution is 7.25. The van der Waals surface area contributed by atoms with Crippen molar-refractivity contribution in [1.82, 2.24) is 14.5 Å². The minimum absolute atomic E-state index is 0.721. The maximum absolute atomic E-state index is 5.10. The van der Waals surface area contributed by atoms with Crippen LogP contribution in [0.3, 0.4) is 0 Å². The normalized spacial score (nSPS) is 12.1. The average molecular weight is 672 g/mol. The summed E-state index contributed by atoms with van der Waals surface area (Å²) in [6.07, 6.45) is 8.15. The predicted octanol–water partition coefficient (Wildman–Crippen LogP) is 13.2. The first-order chi connectivity index (χ1) is 25.2. The van der Waals surface area contributed by atoms with Crippen molar-refractivity contribution in [2.24, 2.45) is 0 Å². The summed E-state index contributed by atoms with van der Waals surface area (Å²) < 4.78 is 4.83. The van der Waals surface area contributed by atoms with Gasteiger partial charge in [-0.3, -0.25) is 0 Å². The van der Waals surface area contributed by atoms with Crippen LogP contribution in [0.2, 0.25) is 0 Å². The van der Waals surface area contributed by atoms with Crippen molar-refractivity contribution >= 4 is 59.0 Å². The molecule has 0 fully saturated rings. The zero-order chi connectivity index (χ0) is 34.3. The molecule has 3 heterocycles. The summed E-state index contributed by atoms with van der Waals surface area (Å²) in [5.74, 6) is 0.721. The van der Waals surface area contributed by atoms with Crippen LogP contribution in [-0.4, -0.2) is 14.5 Å². The van der Waals surface area contributed by atoms with Crippen molar-refractivity contribution in [3.63, 3.8) is 0 Å². The molecule has 51 heavy (non-hydrogen) atoms. The first kappa shape index (κ1) is 30.7. The molecule has 0 unspecified atom stereocenters. The Hall–Kier alpha value is -6.36. The Kier molecular flexibility index (Phi) is 7.72. The molecule has 9 rings (SSSR count). The van der Waals surface area contributed by atoms with Gasteiger partial charge in [-0.15, -0.1) is 11.3 Å². The Balaban J connectivity index is 1.18. The molecule has 0 aliphatic carbocycles. The van der Waals surface area contributed by atoms with E-state index in [2.05, 4.69) is 145 Å². The molecule has 0 saturated carbocycles. The number of aromatic nitrogens is 3. The number of thiophene rings is 1. The Morgan fingerprint density at radius 1 is 0.549 bits per heavy atom. The fourth-order valence-corrected chi connectivity index (χ4v) is 8.11. The van der Waals surface area contributed by atoms with Crippen LogP contribution in [-0.2, 0) is 0 Å². The molecule has 0 aliphatic rings. The second-order valence-corrected chi connectivity index (χ2v) is 13.7. The van der Waals surface area contributed by atoms with Gasteiger partial charge >= 0.3 is 0 Å². The summed E-state index contributed by atoms with van der Waals surface area (Å²) in [6.45, 7) is 6.16. The van der Waals surface area contributed by atoms with E-state index in [4.69, 9.17) is 9.97 Å². The molecule has 9 aromatic rings. The molecule has 0 radical (unpaired) electrons. The lowest BCUT2D eigenvalue weighted by Crippen LogP contribution is -1.95. The Labute approximate surface area is 300 Å². The summed E-state index contributed by atoms with van der Waals surface area (Å²) in [5.41, 5.74) is 10.7. The number of hydrogen-bond acceptors (Lipinski definition) is 3. The number of fused-ring (bicyclic) bond motifs is 6. The Morgan fingerprint density at radius 3 is 1.82 bits per heavy atom. The number of rotatable bonds is 7. The first-order valence-corrected chi connectivity index (χ1v) is 18.0. The summed E-state index contributed by atoms with van der Waals surface area (Å²) in [7, 11) is 0. The minimum Gasteiger partial charge on any atom is -0.309 e. The van der Waals surface area contributed by atoms with Crippen molar-refractivity contribution in [3.05, 3.63) is 176 Å². The number of hydrogen-bond donors (Lipinski definition) is 0. The lowest BCUT2D eigenvalue weighted by atomic mass is 9.99. The van der Waals surface area contributed by atoms with Gasteiger partial charge in [-0.25, -0.2) is 9.97 Å². The first-order valence-electron chi connectivity index (χ1n) is 17.1. The minimum atomic E-state index is 0.721. The van der Waals surface area contributed by atoms with Crippen LogP contribution in [0.25, 0.3) is 92.7 Å². The molecule has 3 aromatic heterocycles. The number of para-hydroxylation sites is 1. The summed E-state index contributed by atoms with van der Waals surface area (Å²) in [6, 6.07) is 51.7. The second kappa shape index (κ2) is 12.8. The van der Waals surface area contributed by atoms with E-state index in [1.165, 1.54) is 47.6 Å². The molecule has 0 N–H and O–H groups in total. The van der Waals surface area contributed by atoms with E-state index >= 15 is 0 Å². The maximum Gasteiger partial charge on any atom is 0.160 e. The zero-order valence-corrected chi connectivity index (χ0v) is 28.9. The lowest BCUT2D eigenvalue weighted by molar-refractivity contribution is 1.18. The summed E-state index contributed by atoms with van der Waals surface area (Å²) in [4.78, 5) is 10.1. The molecule has 0 saturated heterocycles. The van der Waals surface area contributed by atoms with Gasteiger partial charge in [0.25, 0.3) is 0 Å². The van der Waals surface area contributed by atoms with Crippen LogP contribution in [0.15, 0.2) is 176 Å². The molecule has 0 aliphatic heterocycles. The van der Waals surface area contributed by atoms with Gasteiger partial charge in [0.15, 0.2) is 5.82 Å². The van der Waals surface area contributed by atoms with Crippen LogP contribution in [0.4, 0.5) is 0 Å². The number of benzene rings is 6. The molecule has 4 heteroatoms. The van der Waals surface area contributed by atoms with Crippen molar-refractivity contribution in [2.45, 2.75) is 6.92 Å². The smallest absolute Gasteiger partial charge is 0.160 e. The molecule has 6 aromatic carbocycles. The van der Waals surface area contributed by atoms with Crippen LogP contribution < -0.4 is 0 Å². The third-order valence-corrected chi connectivity index (χ3v) is 10.7. The highest BCUT2D eigenvalue weighted by Crippen LogP contribution is 2.40. The molecule has 0 bridgehead atoms. The van der Waals surface area contributed by atoms with Gasteiger partial charge in [0.05, 0.1) is 22.4 Å². The fraction of sp³-hybridized carbons (Fsp3) is 0.0213. The third kappa shape index (κ3) is 5.47. The van der Waals surface area contributed by atoms with Crippen molar-refractivity contribution in [3.8, 4) is 45.0 Å².